The van der Waals surface area contributed by atoms with Gasteiger partial charge < -0.3 is 10.6 Å². The molecule has 0 unspecified atom stereocenters. The standard InChI is InChI=1S/C12H13F3N6O.2ClH/c1-16-4-5-17-11(22)9-7-21(20-19-9)10-3-2-8(6-18-10)12(13,14)15;;/h2-3,6-7,16H,4-5H2,1H3,(H,17,22);2*1H. The van der Waals surface area contributed by atoms with E-state index in [1.54, 1.807) is 7.05 Å². The Balaban J connectivity index is 0.00000264. The molecule has 134 valence electrons. The summed E-state index contributed by atoms with van der Waals surface area (Å²) >= 11 is 0. The number of nitrogens with zero attached hydrogens (tertiary/aromatic N) is 4. The van der Waals surface area contributed by atoms with Gasteiger partial charge in [-0.25, -0.2) is 9.67 Å². The van der Waals surface area contributed by atoms with Gasteiger partial charge in [0.15, 0.2) is 11.5 Å². The molecule has 0 atom stereocenters. The van der Waals surface area contributed by atoms with E-state index in [4.69, 9.17) is 0 Å². The molecule has 24 heavy (non-hydrogen) atoms. The third kappa shape index (κ3) is 5.62. The van der Waals surface area contributed by atoms with Gasteiger partial charge in [-0.05, 0) is 19.2 Å². The molecule has 7 nitrogen and oxygen atoms in total. The zero-order chi connectivity index (χ0) is 16.2. The van der Waals surface area contributed by atoms with Crippen molar-refractivity contribution in [2.45, 2.75) is 6.18 Å². The van der Waals surface area contributed by atoms with Crippen LogP contribution >= 0.6 is 24.8 Å². The monoisotopic (exact) mass is 386 g/mol. The summed E-state index contributed by atoms with van der Waals surface area (Å²) in [6.07, 6.45) is -2.46. The number of aromatic nitrogens is 4. The van der Waals surface area contributed by atoms with Crippen LogP contribution in [0.5, 0.6) is 0 Å². The van der Waals surface area contributed by atoms with Gasteiger partial charge in [0.1, 0.15) is 0 Å². The van der Waals surface area contributed by atoms with Crippen LogP contribution in [0.1, 0.15) is 16.1 Å². The fourth-order valence-electron chi connectivity index (χ4n) is 1.56. The van der Waals surface area contributed by atoms with Crippen LogP contribution in [0.25, 0.3) is 5.82 Å². The van der Waals surface area contributed by atoms with E-state index in [2.05, 4.69) is 25.9 Å². The molecule has 2 aromatic rings. The zero-order valence-corrected chi connectivity index (χ0v) is 14.0. The molecular weight excluding hydrogens is 372 g/mol. The molecule has 0 saturated carbocycles. The molecule has 0 aromatic carbocycles. The molecule has 0 spiro atoms. The normalized spacial score (nSPS) is 10.5. The number of nitrogens with one attached hydrogen (secondary N) is 2. The van der Waals surface area contributed by atoms with Crippen molar-refractivity contribution < 1.29 is 18.0 Å². The molecule has 1 amide bonds. The van der Waals surface area contributed by atoms with Gasteiger partial charge in [0.05, 0.1) is 11.8 Å². The Morgan fingerprint density at radius 3 is 2.50 bits per heavy atom. The molecule has 2 aromatic heterocycles. The second-order valence-electron chi connectivity index (χ2n) is 4.31. The van der Waals surface area contributed by atoms with Gasteiger partial charge in [-0.2, -0.15) is 13.2 Å². The third-order valence-electron chi connectivity index (χ3n) is 2.70. The van der Waals surface area contributed by atoms with Gasteiger partial charge in [0.2, 0.25) is 0 Å². The molecule has 0 radical (unpaired) electrons. The van der Waals surface area contributed by atoms with E-state index >= 15 is 0 Å². The van der Waals surface area contributed by atoms with Crippen LogP contribution < -0.4 is 10.6 Å². The molecule has 0 saturated heterocycles. The lowest BCUT2D eigenvalue weighted by Crippen LogP contribution is -2.30. The van der Waals surface area contributed by atoms with Gasteiger partial charge in [-0.3, -0.25) is 4.79 Å². The number of amides is 1. The summed E-state index contributed by atoms with van der Waals surface area (Å²) in [5, 5.41) is 12.8. The summed E-state index contributed by atoms with van der Waals surface area (Å²) in [6, 6.07) is 2.04. The van der Waals surface area contributed by atoms with E-state index in [9.17, 15) is 18.0 Å². The molecule has 2 rings (SSSR count). The van der Waals surface area contributed by atoms with E-state index in [1.807, 2.05) is 0 Å². The maximum atomic E-state index is 12.4. The molecule has 0 aliphatic rings. The average molecular weight is 387 g/mol. The number of hydrogen-bond acceptors (Lipinski definition) is 5. The molecule has 0 aliphatic carbocycles. The van der Waals surface area contributed by atoms with Crippen LogP contribution in [0.3, 0.4) is 0 Å². The highest BCUT2D eigenvalue weighted by atomic mass is 35.5. The summed E-state index contributed by atoms with van der Waals surface area (Å²) in [5.74, 6) is -0.289. The Labute approximate surface area is 147 Å². The van der Waals surface area contributed by atoms with Gasteiger partial charge >= 0.3 is 6.18 Å². The van der Waals surface area contributed by atoms with Gasteiger partial charge in [-0.15, -0.1) is 29.9 Å². The predicted octanol–water partition coefficient (Wildman–Crippen LogP) is 1.47. The maximum Gasteiger partial charge on any atom is 0.417 e. The first kappa shape index (κ1) is 22.1. The summed E-state index contributed by atoms with van der Waals surface area (Å²) in [5.41, 5.74) is -0.806. The average Bonchev–Trinajstić information content (AvgIpc) is 2.96. The van der Waals surface area contributed by atoms with Crippen LogP contribution in [0, 0.1) is 0 Å². The van der Waals surface area contributed by atoms with Crippen molar-refractivity contribution in [2.24, 2.45) is 0 Å². The second-order valence-corrected chi connectivity index (χ2v) is 4.31. The molecule has 2 heterocycles. The van der Waals surface area contributed by atoms with Crippen molar-refractivity contribution in [1.29, 1.82) is 0 Å². The van der Waals surface area contributed by atoms with E-state index < -0.39 is 17.6 Å². The number of hydrogen-bond donors (Lipinski definition) is 2. The summed E-state index contributed by atoms with van der Waals surface area (Å²) in [7, 11) is 1.75. The molecular formula is C12H15Cl2F3N6O. The Hall–Kier alpha value is -1.91. The highest BCUT2D eigenvalue weighted by molar-refractivity contribution is 5.91. The first-order valence-corrected chi connectivity index (χ1v) is 6.30. The van der Waals surface area contributed by atoms with Crippen molar-refractivity contribution in [3.05, 3.63) is 35.8 Å². The van der Waals surface area contributed by atoms with E-state index in [-0.39, 0.29) is 36.3 Å². The summed E-state index contributed by atoms with van der Waals surface area (Å²) in [6.45, 7) is 1.01. The van der Waals surface area contributed by atoms with Crippen molar-refractivity contribution in [2.75, 3.05) is 20.1 Å². The predicted molar refractivity (Wildman–Crippen MR) is 84.9 cm³/mol. The number of likely N-dealkylation sites (N-methyl/N-ethyl adjacent to an activating group) is 1. The van der Waals surface area contributed by atoms with Crippen molar-refractivity contribution in [1.82, 2.24) is 30.6 Å². The molecule has 0 aliphatic heterocycles. The number of carbonyl (C=O) groups is 1. The SMILES string of the molecule is CNCCNC(=O)c1cn(-c2ccc(C(F)(F)F)cn2)nn1.Cl.Cl. The molecule has 12 heteroatoms. The lowest BCUT2D eigenvalue weighted by atomic mass is 10.3. The van der Waals surface area contributed by atoms with Gasteiger partial charge in [0, 0.05) is 19.3 Å². The van der Waals surface area contributed by atoms with Gasteiger partial charge in [-0.1, -0.05) is 5.21 Å². The lowest BCUT2D eigenvalue weighted by molar-refractivity contribution is -0.137. The van der Waals surface area contributed by atoms with Crippen LogP contribution in [0.2, 0.25) is 0 Å². The first-order chi connectivity index (χ1) is 10.4. The fourth-order valence-corrected chi connectivity index (χ4v) is 1.56. The lowest BCUT2D eigenvalue weighted by Gasteiger charge is -2.06. The number of carbonyl (C=O) groups excluding carboxylic acids is 1. The van der Waals surface area contributed by atoms with Crippen LogP contribution in [-0.2, 0) is 6.18 Å². The Morgan fingerprint density at radius 2 is 1.96 bits per heavy atom. The van der Waals surface area contributed by atoms with Crippen molar-refractivity contribution in [3.63, 3.8) is 0 Å². The van der Waals surface area contributed by atoms with E-state index in [0.717, 1.165) is 16.8 Å². The highest BCUT2D eigenvalue weighted by Crippen LogP contribution is 2.28. The van der Waals surface area contributed by atoms with Crippen molar-refractivity contribution >= 4 is 30.7 Å². The highest BCUT2D eigenvalue weighted by Gasteiger charge is 2.30. The van der Waals surface area contributed by atoms with Crippen LogP contribution in [0.15, 0.2) is 24.5 Å². The number of alkyl halides is 3. The van der Waals surface area contributed by atoms with E-state index in [1.165, 1.54) is 6.20 Å². The van der Waals surface area contributed by atoms with Crippen LogP contribution in [-0.4, -0.2) is 46.0 Å². The fraction of sp³-hybridized carbons (Fsp3) is 0.333. The van der Waals surface area contributed by atoms with Gasteiger partial charge in [0.25, 0.3) is 5.91 Å². The summed E-state index contributed by atoms with van der Waals surface area (Å²) in [4.78, 5) is 15.4. The largest absolute Gasteiger partial charge is 0.417 e. The number of halogens is 5. The summed E-state index contributed by atoms with van der Waals surface area (Å²) < 4.78 is 38.5. The zero-order valence-electron chi connectivity index (χ0n) is 12.4. The smallest absolute Gasteiger partial charge is 0.349 e. The third-order valence-corrected chi connectivity index (χ3v) is 2.70. The number of pyridine rings is 1. The molecule has 2 N–H and O–H groups in total. The minimum absolute atomic E-state index is 0. The minimum atomic E-state index is -4.45. The second kappa shape index (κ2) is 9.40. The van der Waals surface area contributed by atoms with E-state index in [0.29, 0.717) is 19.3 Å². The topological polar surface area (TPSA) is 84.7 Å². The molecule has 0 fully saturated rings. The Morgan fingerprint density at radius 1 is 1.25 bits per heavy atom. The first-order valence-electron chi connectivity index (χ1n) is 6.30. The minimum Gasteiger partial charge on any atom is -0.349 e. The number of rotatable bonds is 5. The quantitative estimate of drug-likeness (QED) is 0.760. The maximum absolute atomic E-state index is 12.4. The Kier molecular flexibility index (Phi) is 8.65. The Bertz CT molecular complexity index is 647. The molecule has 0 bridgehead atoms. The van der Waals surface area contributed by atoms with Crippen LogP contribution in [0.4, 0.5) is 13.2 Å². The van der Waals surface area contributed by atoms with Crippen molar-refractivity contribution in [3.8, 4) is 5.82 Å².